The minimum absolute atomic E-state index is 0.0499. The maximum absolute atomic E-state index is 12.8. The Morgan fingerprint density at radius 1 is 1.43 bits per heavy atom. The molecule has 0 saturated carbocycles. The van der Waals surface area contributed by atoms with Crippen LogP contribution >= 0.6 is 0 Å². The molecule has 2 heterocycles. The summed E-state index contributed by atoms with van der Waals surface area (Å²) >= 11 is 0. The third kappa shape index (κ3) is 3.75. The van der Waals surface area contributed by atoms with Crippen LogP contribution in [0.2, 0.25) is 0 Å². The van der Waals surface area contributed by atoms with Crippen molar-refractivity contribution in [1.82, 2.24) is 9.88 Å². The Balaban J connectivity index is 2.24. The molecule has 114 valence electrons. The number of halogens is 1. The van der Waals surface area contributed by atoms with Gasteiger partial charge in [0.2, 0.25) is 0 Å². The first-order chi connectivity index (χ1) is 9.78. The summed E-state index contributed by atoms with van der Waals surface area (Å²) in [5, 5.41) is 8.84. The van der Waals surface area contributed by atoms with Crippen LogP contribution in [0, 0.1) is 5.82 Å². The predicted octanol–water partition coefficient (Wildman–Crippen LogP) is -0.0654. The van der Waals surface area contributed by atoms with E-state index in [2.05, 4.69) is 4.98 Å². The molecule has 0 aliphatic carbocycles. The van der Waals surface area contributed by atoms with E-state index in [1.165, 1.54) is 11.0 Å². The summed E-state index contributed by atoms with van der Waals surface area (Å²) < 4.78 is 36.0. The van der Waals surface area contributed by atoms with Crippen molar-refractivity contribution in [3.05, 3.63) is 29.8 Å². The first kappa shape index (κ1) is 15.4. The summed E-state index contributed by atoms with van der Waals surface area (Å²) in [6.07, 6.45) is 0.409. The molecule has 1 aliphatic rings. The minimum Gasteiger partial charge on any atom is -0.481 e. The van der Waals surface area contributed by atoms with E-state index >= 15 is 0 Å². The predicted molar refractivity (Wildman–Crippen MR) is 69.9 cm³/mol. The molecule has 0 radical (unpaired) electrons. The Morgan fingerprint density at radius 2 is 2.14 bits per heavy atom. The smallest absolute Gasteiger partial charge is 0.305 e. The zero-order valence-corrected chi connectivity index (χ0v) is 11.7. The molecular weight excluding hydrogens is 303 g/mol. The van der Waals surface area contributed by atoms with E-state index < -0.39 is 45.7 Å². The summed E-state index contributed by atoms with van der Waals surface area (Å²) in [7, 11) is -3.37. The van der Waals surface area contributed by atoms with Crippen molar-refractivity contribution in [1.29, 1.82) is 0 Å². The summed E-state index contributed by atoms with van der Waals surface area (Å²) in [5.41, 5.74) is -0.0499. The molecule has 9 heteroatoms. The van der Waals surface area contributed by atoms with E-state index in [1.54, 1.807) is 0 Å². The molecule has 0 bridgehead atoms. The molecule has 1 atom stereocenters. The zero-order chi connectivity index (χ0) is 15.6. The maximum atomic E-state index is 12.8. The second-order valence-corrected chi connectivity index (χ2v) is 6.95. The molecule has 1 unspecified atom stereocenters. The van der Waals surface area contributed by atoms with Crippen LogP contribution in [0.4, 0.5) is 4.39 Å². The van der Waals surface area contributed by atoms with E-state index in [0.717, 1.165) is 12.3 Å². The van der Waals surface area contributed by atoms with Gasteiger partial charge in [-0.25, -0.2) is 17.8 Å². The molecule has 7 nitrogen and oxygen atoms in total. The lowest BCUT2D eigenvalue weighted by atomic mass is 10.1. The van der Waals surface area contributed by atoms with Gasteiger partial charge in [-0.05, 0) is 12.1 Å². The summed E-state index contributed by atoms with van der Waals surface area (Å²) in [4.78, 5) is 27.9. The standard InChI is InChI=1S/C12H13FN2O5S/c13-8-1-2-10(14-6-8)12(18)15-3-4-21(19,20)7-9(15)5-11(16)17/h1-2,6,9H,3-5,7H2,(H,16,17). The average Bonchev–Trinajstić information content (AvgIpc) is 2.37. The SMILES string of the molecule is O=C(O)CC1CS(=O)(=O)CCN1C(=O)c1ccc(F)cn1. The fourth-order valence-corrected chi connectivity index (χ4v) is 3.70. The summed E-state index contributed by atoms with van der Waals surface area (Å²) in [6.45, 7) is -0.0990. The van der Waals surface area contributed by atoms with Crippen molar-refractivity contribution >= 4 is 21.7 Å². The van der Waals surface area contributed by atoms with Gasteiger partial charge in [0.25, 0.3) is 5.91 Å². The number of carbonyl (C=O) groups is 2. The number of rotatable bonds is 3. The second-order valence-electron chi connectivity index (χ2n) is 4.73. The lowest BCUT2D eigenvalue weighted by Crippen LogP contribution is -2.52. The number of aliphatic carboxylic acids is 1. The number of aromatic nitrogens is 1. The molecule has 1 aromatic rings. The van der Waals surface area contributed by atoms with Gasteiger partial charge in [-0.1, -0.05) is 0 Å². The fourth-order valence-electron chi connectivity index (χ4n) is 2.17. The lowest BCUT2D eigenvalue weighted by Gasteiger charge is -2.34. The normalized spacial score (nSPS) is 21.0. The topological polar surface area (TPSA) is 105 Å². The second kappa shape index (κ2) is 5.76. The van der Waals surface area contributed by atoms with Crippen LogP contribution in [0.25, 0.3) is 0 Å². The quantitative estimate of drug-likeness (QED) is 0.837. The van der Waals surface area contributed by atoms with Gasteiger partial charge in [-0.15, -0.1) is 0 Å². The highest BCUT2D eigenvalue weighted by molar-refractivity contribution is 7.91. The van der Waals surface area contributed by atoms with Crippen LogP contribution in [0.1, 0.15) is 16.9 Å². The van der Waals surface area contributed by atoms with Crippen LogP contribution < -0.4 is 0 Å². The number of sulfone groups is 1. The molecule has 1 amide bonds. The van der Waals surface area contributed by atoms with Gasteiger partial charge in [0, 0.05) is 6.54 Å². The minimum atomic E-state index is -3.37. The number of carboxylic acid groups (broad SMARTS) is 1. The van der Waals surface area contributed by atoms with E-state index in [4.69, 9.17) is 5.11 Å². The van der Waals surface area contributed by atoms with Crippen molar-refractivity contribution in [2.75, 3.05) is 18.1 Å². The molecule has 0 aromatic carbocycles. The van der Waals surface area contributed by atoms with Crippen molar-refractivity contribution in [2.45, 2.75) is 12.5 Å². The van der Waals surface area contributed by atoms with Crippen LogP contribution in [-0.2, 0) is 14.6 Å². The molecule has 1 aromatic heterocycles. The summed E-state index contributed by atoms with van der Waals surface area (Å²) in [6, 6.07) is 1.30. The molecular formula is C12H13FN2O5S. The van der Waals surface area contributed by atoms with Gasteiger partial charge in [0.05, 0.1) is 30.2 Å². The van der Waals surface area contributed by atoms with Crippen LogP contribution in [0.15, 0.2) is 18.3 Å². The number of hydrogen-bond donors (Lipinski definition) is 1. The first-order valence-corrected chi connectivity index (χ1v) is 7.95. The number of pyridine rings is 1. The monoisotopic (exact) mass is 316 g/mol. The van der Waals surface area contributed by atoms with E-state index in [-0.39, 0.29) is 18.0 Å². The van der Waals surface area contributed by atoms with Gasteiger partial charge in [0.15, 0.2) is 9.84 Å². The highest BCUT2D eigenvalue weighted by Crippen LogP contribution is 2.17. The molecule has 1 saturated heterocycles. The zero-order valence-electron chi connectivity index (χ0n) is 10.9. The third-order valence-electron chi connectivity index (χ3n) is 3.15. The van der Waals surface area contributed by atoms with Crippen LogP contribution in [-0.4, -0.2) is 59.4 Å². The molecule has 1 aliphatic heterocycles. The molecule has 1 N–H and O–H groups in total. The molecule has 1 fully saturated rings. The third-order valence-corrected chi connectivity index (χ3v) is 4.85. The number of carboxylic acids is 1. The fraction of sp³-hybridized carbons (Fsp3) is 0.417. The Bertz CT molecular complexity index is 659. The number of hydrogen-bond acceptors (Lipinski definition) is 5. The van der Waals surface area contributed by atoms with Gasteiger partial charge < -0.3 is 10.0 Å². The van der Waals surface area contributed by atoms with Crippen LogP contribution in [0.5, 0.6) is 0 Å². The Kier molecular flexibility index (Phi) is 4.21. The average molecular weight is 316 g/mol. The van der Waals surface area contributed by atoms with Gasteiger partial charge in [0.1, 0.15) is 11.5 Å². The Labute approximate surface area is 120 Å². The van der Waals surface area contributed by atoms with E-state index in [0.29, 0.717) is 0 Å². The van der Waals surface area contributed by atoms with Gasteiger partial charge in [-0.2, -0.15) is 0 Å². The number of amides is 1. The molecule has 21 heavy (non-hydrogen) atoms. The Hall–Kier alpha value is -2.03. The van der Waals surface area contributed by atoms with Crippen molar-refractivity contribution in [2.24, 2.45) is 0 Å². The lowest BCUT2D eigenvalue weighted by molar-refractivity contribution is -0.138. The number of nitrogens with zero attached hydrogens (tertiary/aromatic N) is 2. The van der Waals surface area contributed by atoms with Gasteiger partial charge >= 0.3 is 5.97 Å². The molecule has 2 rings (SSSR count). The van der Waals surface area contributed by atoms with Crippen molar-refractivity contribution < 1.29 is 27.5 Å². The maximum Gasteiger partial charge on any atom is 0.305 e. The van der Waals surface area contributed by atoms with Gasteiger partial charge in [-0.3, -0.25) is 9.59 Å². The number of carbonyl (C=O) groups excluding carboxylic acids is 1. The highest BCUT2D eigenvalue weighted by Gasteiger charge is 2.36. The largest absolute Gasteiger partial charge is 0.481 e. The van der Waals surface area contributed by atoms with E-state index in [1.807, 2.05) is 0 Å². The molecule has 0 spiro atoms. The van der Waals surface area contributed by atoms with Crippen molar-refractivity contribution in [3.63, 3.8) is 0 Å². The Morgan fingerprint density at radius 3 is 2.71 bits per heavy atom. The van der Waals surface area contributed by atoms with Crippen molar-refractivity contribution in [3.8, 4) is 0 Å². The van der Waals surface area contributed by atoms with E-state index in [9.17, 15) is 22.4 Å². The van der Waals surface area contributed by atoms with Crippen LogP contribution in [0.3, 0.4) is 0 Å². The first-order valence-electron chi connectivity index (χ1n) is 6.13. The highest BCUT2D eigenvalue weighted by atomic mass is 32.2. The summed E-state index contributed by atoms with van der Waals surface area (Å²) in [5.74, 6) is -3.02.